The van der Waals surface area contributed by atoms with Crippen LogP contribution in [0.4, 0.5) is 5.69 Å². The van der Waals surface area contributed by atoms with E-state index in [0.29, 0.717) is 17.3 Å². The van der Waals surface area contributed by atoms with Crippen molar-refractivity contribution in [2.24, 2.45) is 0 Å². The van der Waals surface area contributed by atoms with E-state index in [1.165, 1.54) is 12.1 Å². The molecule has 8 heteroatoms. The van der Waals surface area contributed by atoms with Gasteiger partial charge in [-0.2, -0.15) is 0 Å². The number of hydrogen-bond acceptors (Lipinski definition) is 4. The highest BCUT2D eigenvalue weighted by Gasteiger charge is 2.51. The minimum absolute atomic E-state index is 0.0145. The summed E-state index contributed by atoms with van der Waals surface area (Å²) in [5.41, 5.74) is 1.63. The summed E-state index contributed by atoms with van der Waals surface area (Å²) >= 11 is 6.06. The number of anilines is 1. The fraction of sp³-hybridized carbons (Fsp3) is 0.409. The average molecular weight is 449 g/mol. The van der Waals surface area contributed by atoms with Gasteiger partial charge >= 0.3 is 0 Å². The van der Waals surface area contributed by atoms with E-state index in [1.807, 2.05) is 19.1 Å². The molecule has 4 rings (SSSR count). The van der Waals surface area contributed by atoms with Gasteiger partial charge in [-0.25, -0.2) is 8.42 Å². The molecular formula is C22H25ClN2O4S. The lowest BCUT2D eigenvalue weighted by Crippen LogP contribution is -2.39. The van der Waals surface area contributed by atoms with Crippen LogP contribution in [-0.2, 0) is 25.0 Å². The molecule has 2 aromatic carbocycles. The zero-order chi connectivity index (χ0) is 21.4. The summed E-state index contributed by atoms with van der Waals surface area (Å²) in [5.74, 6) is 0.0145. The number of sulfonamides is 1. The van der Waals surface area contributed by atoms with E-state index in [-0.39, 0.29) is 16.9 Å². The van der Waals surface area contributed by atoms with E-state index in [1.54, 1.807) is 18.2 Å². The summed E-state index contributed by atoms with van der Waals surface area (Å²) < 4.78 is 33.4. The van der Waals surface area contributed by atoms with Crippen LogP contribution in [-0.4, -0.2) is 33.6 Å². The van der Waals surface area contributed by atoms with Gasteiger partial charge in [0.15, 0.2) is 0 Å². The Bertz CT molecular complexity index is 1040. The van der Waals surface area contributed by atoms with Crippen molar-refractivity contribution in [2.75, 3.05) is 17.9 Å². The second-order valence-corrected chi connectivity index (χ2v) is 10.1. The van der Waals surface area contributed by atoms with E-state index in [4.69, 9.17) is 16.3 Å². The zero-order valence-electron chi connectivity index (χ0n) is 16.8. The third kappa shape index (κ3) is 4.33. The first-order valence-corrected chi connectivity index (χ1v) is 12.0. The molecule has 1 aliphatic carbocycles. The van der Waals surface area contributed by atoms with Crippen LogP contribution in [0.15, 0.2) is 47.4 Å². The maximum absolute atomic E-state index is 12.8. The van der Waals surface area contributed by atoms with Crippen molar-refractivity contribution in [1.82, 2.24) is 5.32 Å². The molecule has 30 heavy (non-hydrogen) atoms. The predicted octanol–water partition coefficient (Wildman–Crippen LogP) is 3.78. The number of amides is 1. The first-order valence-electron chi connectivity index (χ1n) is 10.1. The largest absolute Gasteiger partial charge is 0.376 e. The number of rotatable bonds is 7. The van der Waals surface area contributed by atoms with Crippen molar-refractivity contribution < 1.29 is 17.9 Å². The minimum atomic E-state index is -3.75. The normalized spacial score (nSPS) is 20.0. The fourth-order valence-corrected chi connectivity index (χ4v) is 5.09. The lowest BCUT2D eigenvalue weighted by Gasteiger charge is -2.18. The van der Waals surface area contributed by atoms with Gasteiger partial charge in [0.1, 0.15) is 0 Å². The van der Waals surface area contributed by atoms with Crippen LogP contribution >= 0.6 is 11.6 Å². The first-order chi connectivity index (χ1) is 14.3. The molecule has 2 aromatic rings. The van der Waals surface area contributed by atoms with Gasteiger partial charge in [-0.1, -0.05) is 29.8 Å². The number of carbonyl (C=O) groups excluding carboxylic acids is 1. The third-order valence-corrected chi connectivity index (χ3v) is 7.63. The maximum Gasteiger partial charge on any atom is 0.261 e. The van der Waals surface area contributed by atoms with Gasteiger partial charge in [0.25, 0.3) is 10.0 Å². The number of halogens is 1. The SMILES string of the molecule is Cc1ccc(S(=O)(=O)Nc2ccc(C3(C(=O)NCC4CCCO4)CC3)cc2)cc1Cl. The van der Waals surface area contributed by atoms with Crippen LogP contribution < -0.4 is 10.0 Å². The molecule has 6 nitrogen and oxygen atoms in total. The monoisotopic (exact) mass is 448 g/mol. The van der Waals surface area contributed by atoms with E-state index >= 15 is 0 Å². The molecule has 2 aliphatic rings. The summed E-state index contributed by atoms with van der Waals surface area (Å²) in [7, 11) is -3.75. The lowest BCUT2D eigenvalue weighted by molar-refractivity contribution is -0.124. The quantitative estimate of drug-likeness (QED) is 0.675. The van der Waals surface area contributed by atoms with Crippen molar-refractivity contribution >= 4 is 33.2 Å². The van der Waals surface area contributed by atoms with Crippen molar-refractivity contribution in [3.05, 3.63) is 58.6 Å². The Morgan fingerprint density at radius 3 is 2.53 bits per heavy atom. The van der Waals surface area contributed by atoms with Gasteiger partial charge in [-0.05, 0) is 68.0 Å². The summed E-state index contributed by atoms with van der Waals surface area (Å²) in [6, 6.07) is 11.6. The van der Waals surface area contributed by atoms with Gasteiger partial charge in [-0.3, -0.25) is 9.52 Å². The van der Waals surface area contributed by atoms with Crippen molar-refractivity contribution in [3.63, 3.8) is 0 Å². The molecule has 1 saturated carbocycles. The Hall–Kier alpha value is -2.09. The second-order valence-electron chi connectivity index (χ2n) is 8.02. The van der Waals surface area contributed by atoms with E-state index < -0.39 is 15.4 Å². The predicted molar refractivity (Wildman–Crippen MR) is 116 cm³/mol. The molecule has 1 heterocycles. The van der Waals surface area contributed by atoms with Crippen LogP contribution in [0.3, 0.4) is 0 Å². The fourth-order valence-electron chi connectivity index (χ4n) is 3.77. The summed E-state index contributed by atoms with van der Waals surface area (Å²) in [6.07, 6.45) is 3.71. The Labute approximate surface area is 182 Å². The van der Waals surface area contributed by atoms with Gasteiger partial charge < -0.3 is 10.1 Å². The summed E-state index contributed by atoms with van der Waals surface area (Å²) in [4.78, 5) is 12.9. The lowest BCUT2D eigenvalue weighted by atomic mass is 9.94. The highest BCUT2D eigenvalue weighted by molar-refractivity contribution is 7.92. The molecule has 1 unspecified atom stereocenters. The molecule has 0 spiro atoms. The van der Waals surface area contributed by atoms with Crippen molar-refractivity contribution in [3.8, 4) is 0 Å². The molecule has 0 bridgehead atoms. The Morgan fingerprint density at radius 1 is 1.20 bits per heavy atom. The number of nitrogens with one attached hydrogen (secondary N) is 2. The Balaban J connectivity index is 1.43. The van der Waals surface area contributed by atoms with Crippen LogP contribution in [0, 0.1) is 6.92 Å². The molecule has 1 amide bonds. The molecule has 160 valence electrons. The maximum atomic E-state index is 12.8. The molecule has 2 fully saturated rings. The number of aryl methyl sites for hydroxylation is 1. The smallest absolute Gasteiger partial charge is 0.261 e. The molecule has 0 aromatic heterocycles. The summed E-state index contributed by atoms with van der Waals surface area (Å²) in [6.45, 7) is 3.12. The Morgan fingerprint density at radius 2 is 1.93 bits per heavy atom. The van der Waals surface area contributed by atoms with Gasteiger partial charge in [0.05, 0.1) is 16.4 Å². The highest BCUT2D eigenvalue weighted by Crippen LogP contribution is 2.48. The van der Waals surface area contributed by atoms with E-state index in [9.17, 15) is 13.2 Å². The van der Waals surface area contributed by atoms with Crippen LogP contribution in [0.1, 0.15) is 36.8 Å². The molecule has 1 saturated heterocycles. The van der Waals surface area contributed by atoms with Gasteiger partial charge in [0, 0.05) is 23.9 Å². The summed E-state index contributed by atoms with van der Waals surface area (Å²) in [5, 5.41) is 3.42. The van der Waals surface area contributed by atoms with Crippen LogP contribution in [0.25, 0.3) is 0 Å². The third-order valence-electron chi connectivity index (χ3n) is 5.84. The van der Waals surface area contributed by atoms with Gasteiger partial charge in [-0.15, -0.1) is 0 Å². The number of hydrogen-bond donors (Lipinski definition) is 2. The van der Waals surface area contributed by atoms with E-state index in [2.05, 4.69) is 10.0 Å². The zero-order valence-corrected chi connectivity index (χ0v) is 18.4. The highest BCUT2D eigenvalue weighted by atomic mass is 35.5. The Kier molecular flexibility index (Phi) is 5.79. The molecule has 1 aliphatic heterocycles. The van der Waals surface area contributed by atoms with Crippen molar-refractivity contribution in [2.45, 2.75) is 49.0 Å². The topological polar surface area (TPSA) is 84.5 Å². The van der Waals surface area contributed by atoms with Crippen LogP contribution in [0.5, 0.6) is 0 Å². The van der Waals surface area contributed by atoms with Crippen molar-refractivity contribution in [1.29, 1.82) is 0 Å². The minimum Gasteiger partial charge on any atom is -0.376 e. The molecule has 1 atom stereocenters. The number of benzene rings is 2. The van der Waals surface area contributed by atoms with E-state index in [0.717, 1.165) is 43.4 Å². The number of ether oxygens (including phenoxy) is 1. The van der Waals surface area contributed by atoms with Crippen LogP contribution in [0.2, 0.25) is 5.02 Å². The molecule has 2 N–H and O–H groups in total. The molecule has 0 radical (unpaired) electrons. The standard InChI is InChI=1S/C22H25ClN2O4S/c1-15-4-9-19(13-20(15)23)30(27,28)25-17-7-5-16(6-8-17)22(10-11-22)21(26)24-14-18-3-2-12-29-18/h4-9,13,18,25H,2-3,10-12,14H2,1H3,(H,24,26). The average Bonchev–Trinajstić information content (AvgIpc) is 3.36. The second kappa shape index (κ2) is 8.21. The first kappa shape index (κ1) is 21.2. The number of carbonyl (C=O) groups is 1. The molecular weight excluding hydrogens is 424 g/mol. The van der Waals surface area contributed by atoms with Gasteiger partial charge in [0.2, 0.25) is 5.91 Å².